The van der Waals surface area contributed by atoms with Gasteiger partial charge in [-0.3, -0.25) is 0 Å². The third-order valence-electron chi connectivity index (χ3n) is 3.54. The Morgan fingerprint density at radius 1 is 1.24 bits per heavy atom. The first-order valence-corrected chi connectivity index (χ1v) is 7.12. The van der Waals surface area contributed by atoms with Crippen LogP contribution in [0.25, 0.3) is 0 Å². The maximum atomic E-state index is 10.0. The van der Waals surface area contributed by atoms with Crippen molar-refractivity contribution in [1.82, 2.24) is 5.32 Å². The summed E-state index contributed by atoms with van der Waals surface area (Å²) in [6.07, 6.45) is 0. The van der Waals surface area contributed by atoms with E-state index in [2.05, 4.69) is 5.32 Å². The minimum atomic E-state index is 0.0727. The third-order valence-corrected chi connectivity index (χ3v) is 3.89. The van der Waals surface area contributed by atoms with Crippen molar-refractivity contribution in [2.75, 3.05) is 6.79 Å². The highest BCUT2D eigenvalue weighted by molar-refractivity contribution is 6.31. The monoisotopic (exact) mass is 305 g/mol. The van der Waals surface area contributed by atoms with E-state index in [1.54, 1.807) is 12.1 Å². The molecule has 3 rings (SSSR count). The van der Waals surface area contributed by atoms with Gasteiger partial charge in [0.05, 0.1) is 0 Å². The minimum absolute atomic E-state index is 0.0727. The maximum absolute atomic E-state index is 10.0. The van der Waals surface area contributed by atoms with E-state index in [9.17, 15) is 5.11 Å². The van der Waals surface area contributed by atoms with Crippen LogP contribution in [0.15, 0.2) is 36.4 Å². The van der Waals surface area contributed by atoms with Crippen LogP contribution in [0.5, 0.6) is 17.2 Å². The van der Waals surface area contributed by atoms with Gasteiger partial charge in [0.15, 0.2) is 11.5 Å². The van der Waals surface area contributed by atoms with Crippen molar-refractivity contribution in [3.63, 3.8) is 0 Å². The molecule has 1 aliphatic heterocycles. The largest absolute Gasteiger partial charge is 0.507 e. The standard InChI is InChI=1S/C16H16ClNO3/c1-10(12-4-2-3-5-13(12)17)18-8-11-6-15-16(7-14(11)19)21-9-20-15/h2-7,10,18-19H,8-9H2,1H3/t10-/m1/s1. The molecule has 2 aromatic rings. The second kappa shape index (κ2) is 5.84. The normalized spacial score (nSPS) is 14.2. The molecule has 0 fully saturated rings. The number of aromatic hydroxyl groups is 1. The van der Waals surface area contributed by atoms with Crippen LogP contribution in [0.1, 0.15) is 24.1 Å². The van der Waals surface area contributed by atoms with Gasteiger partial charge in [0.2, 0.25) is 6.79 Å². The number of phenols is 1. The number of ether oxygens (including phenoxy) is 2. The zero-order valence-corrected chi connectivity index (χ0v) is 12.4. The van der Waals surface area contributed by atoms with E-state index in [0.717, 1.165) is 16.1 Å². The van der Waals surface area contributed by atoms with Crippen LogP contribution in [0.3, 0.4) is 0 Å². The number of benzene rings is 2. The summed E-state index contributed by atoms with van der Waals surface area (Å²) in [5.41, 5.74) is 1.79. The first-order valence-electron chi connectivity index (χ1n) is 6.74. The van der Waals surface area contributed by atoms with E-state index in [0.29, 0.717) is 18.0 Å². The molecule has 1 heterocycles. The molecule has 110 valence electrons. The number of phenolic OH excluding ortho intramolecular Hbond substituents is 1. The molecule has 0 saturated carbocycles. The Balaban J connectivity index is 1.72. The van der Waals surface area contributed by atoms with Crippen LogP contribution in [-0.2, 0) is 6.54 Å². The number of fused-ring (bicyclic) bond motifs is 1. The number of hydrogen-bond donors (Lipinski definition) is 2. The van der Waals surface area contributed by atoms with Crippen LogP contribution in [0.4, 0.5) is 0 Å². The van der Waals surface area contributed by atoms with Gasteiger partial charge in [-0.2, -0.15) is 0 Å². The Morgan fingerprint density at radius 3 is 2.71 bits per heavy atom. The molecular formula is C16H16ClNO3. The summed E-state index contributed by atoms with van der Waals surface area (Å²) in [4.78, 5) is 0. The van der Waals surface area contributed by atoms with Gasteiger partial charge >= 0.3 is 0 Å². The Kier molecular flexibility index (Phi) is 3.90. The number of halogens is 1. The zero-order valence-electron chi connectivity index (χ0n) is 11.6. The van der Waals surface area contributed by atoms with Crippen LogP contribution in [0.2, 0.25) is 5.02 Å². The molecule has 0 aromatic heterocycles. The molecule has 2 aromatic carbocycles. The average Bonchev–Trinajstić information content (AvgIpc) is 2.92. The first-order chi connectivity index (χ1) is 10.1. The number of rotatable bonds is 4. The van der Waals surface area contributed by atoms with E-state index in [-0.39, 0.29) is 18.6 Å². The Hall–Kier alpha value is -1.91. The van der Waals surface area contributed by atoms with E-state index in [1.165, 1.54) is 0 Å². The predicted molar refractivity (Wildman–Crippen MR) is 80.9 cm³/mol. The van der Waals surface area contributed by atoms with Crippen molar-refractivity contribution in [2.24, 2.45) is 0 Å². The summed E-state index contributed by atoms with van der Waals surface area (Å²) in [6.45, 7) is 2.74. The molecule has 1 atom stereocenters. The Labute approximate surface area is 128 Å². The molecule has 21 heavy (non-hydrogen) atoms. The highest BCUT2D eigenvalue weighted by Gasteiger charge is 2.17. The smallest absolute Gasteiger partial charge is 0.231 e. The molecule has 0 spiro atoms. The second-order valence-corrected chi connectivity index (χ2v) is 5.37. The van der Waals surface area contributed by atoms with Gasteiger partial charge in [-0.15, -0.1) is 0 Å². The summed E-state index contributed by atoms with van der Waals surface area (Å²) >= 11 is 6.18. The molecule has 0 radical (unpaired) electrons. The van der Waals surface area contributed by atoms with Crippen LogP contribution in [0, 0.1) is 0 Å². The zero-order chi connectivity index (χ0) is 14.8. The van der Waals surface area contributed by atoms with Gasteiger partial charge in [-0.05, 0) is 24.6 Å². The van der Waals surface area contributed by atoms with Crippen molar-refractivity contribution >= 4 is 11.6 Å². The van der Waals surface area contributed by atoms with Crippen molar-refractivity contribution in [1.29, 1.82) is 0 Å². The summed E-state index contributed by atoms with van der Waals surface area (Å²) < 4.78 is 10.5. The van der Waals surface area contributed by atoms with E-state index >= 15 is 0 Å². The van der Waals surface area contributed by atoms with Crippen molar-refractivity contribution in [3.8, 4) is 17.2 Å². The lowest BCUT2D eigenvalue weighted by atomic mass is 10.1. The summed E-state index contributed by atoms with van der Waals surface area (Å²) in [5, 5.41) is 14.1. The fraction of sp³-hybridized carbons (Fsp3) is 0.250. The van der Waals surface area contributed by atoms with Gasteiger partial charge in [0, 0.05) is 29.2 Å². The van der Waals surface area contributed by atoms with Crippen LogP contribution < -0.4 is 14.8 Å². The lowest BCUT2D eigenvalue weighted by Crippen LogP contribution is -2.18. The highest BCUT2D eigenvalue weighted by Crippen LogP contribution is 2.37. The second-order valence-electron chi connectivity index (χ2n) is 4.96. The van der Waals surface area contributed by atoms with Gasteiger partial charge in [0.25, 0.3) is 0 Å². The maximum Gasteiger partial charge on any atom is 0.231 e. The van der Waals surface area contributed by atoms with Gasteiger partial charge in [0.1, 0.15) is 5.75 Å². The fourth-order valence-electron chi connectivity index (χ4n) is 2.31. The van der Waals surface area contributed by atoms with Gasteiger partial charge in [-0.25, -0.2) is 0 Å². The third kappa shape index (κ3) is 2.91. The van der Waals surface area contributed by atoms with Crippen LogP contribution in [-0.4, -0.2) is 11.9 Å². The quantitative estimate of drug-likeness (QED) is 0.906. The summed E-state index contributed by atoms with van der Waals surface area (Å²) in [5.74, 6) is 1.43. The summed E-state index contributed by atoms with van der Waals surface area (Å²) in [7, 11) is 0. The van der Waals surface area contributed by atoms with Gasteiger partial charge in [-0.1, -0.05) is 29.8 Å². The average molecular weight is 306 g/mol. The molecule has 0 saturated heterocycles. The van der Waals surface area contributed by atoms with E-state index in [1.807, 2.05) is 31.2 Å². The molecule has 2 N–H and O–H groups in total. The molecular weight excluding hydrogens is 290 g/mol. The SMILES string of the molecule is C[C@@H](NCc1cc2c(cc1O)OCO2)c1ccccc1Cl. The number of nitrogens with one attached hydrogen (secondary N) is 1. The molecule has 0 amide bonds. The Bertz CT molecular complexity index is 660. The van der Waals surface area contributed by atoms with Crippen LogP contribution >= 0.6 is 11.6 Å². The minimum Gasteiger partial charge on any atom is -0.507 e. The lowest BCUT2D eigenvalue weighted by molar-refractivity contribution is 0.174. The summed E-state index contributed by atoms with van der Waals surface area (Å²) in [6, 6.07) is 11.2. The fourth-order valence-corrected chi connectivity index (χ4v) is 2.61. The highest BCUT2D eigenvalue weighted by atomic mass is 35.5. The first kappa shape index (κ1) is 14.0. The lowest BCUT2D eigenvalue weighted by Gasteiger charge is -2.16. The van der Waals surface area contributed by atoms with Crippen molar-refractivity contribution in [2.45, 2.75) is 19.5 Å². The van der Waals surface area contributed by atoms with E-state index in [4.69, 9.17) is 21.1 Å². The molecule has 5 heteroatoms. The molecule has 4 nitrogen and oxygen atoms in total. The predicted octanol–water partition coefficient (Wildman–Crippen LogP) is 3.63. The Morgan fingerprint density at radius 2 is 1.95 bits per heavy atom. The van der Waals surface area contributed by atoms with Gasteiger partial charge < -0.3 is 19.9 Å². The van der Waals surface area contributed by atoms with E-state index < -0.39 is 0 Å². The topological polar surface area (TPSA) is 50.7 Å². The molecule has 0 unspecified atom stereocenters. The number of hydrogen-bond acceptors (Lipinski definition) is 4. The van der Waals surface area contributed by atoms with Crippen molar-refractivity contribution < 1.29 is 14.6 Å². The molecule has 0 aliphatic carbocycles. The van der Waals surface area contributed by atoms with Crippen molar-refractivity contribution in [3.05, 3.63) is 52.5 Å². The molecule has 1 aliphatic rings. The molecule has 0 bridgehead atoms.